The first-order valence-electron chi connectivity index (χ1n) is 6.70. The van der Waals surface area contributed by atoms with Crippen molar-refractivity contribution in [2.45, 2.75) is 12.8 Å². The van der Waals surface area contributed by atoms with Crippen molar-refractivity contribution in [3.05, 3.63) is 42.4 Å². The number of aryl methyl sites for hydroxylation is 1. The van der Waals surface area contributed by atoms with Gasteiger partial charge in [0.15, 0.2) is 5.76 Å². The first kappa shape index (κ1) is 14.8. The van der Waals surface area contributed by atoms with E-state index in [1.54, 1.807) is 31.6 Å². The van der Waals surface area contributed by atoms with Crippen LogP contribution in [0.1, 0.15) is 22.8 Å². The molecule has 7 heteroatoms. The third-order valence-corrected chi connectivity index (χ3v) is 2.93. The van der Waals surface area contributed by atoms with Gasteiger partial charge in [-0.2, -0.15) is 0 Å². The van der Waals surface area contributed by atoms with E-state index < -0.39 is 0 Å². The summed E-state index contributed by atoms with van der Waals surface area (Å²) in [4.78, 5) is 32.0. The Hall–Kier alpha value is -2.57. The molecule has 0 aliphatic heterocycles. The second kappa shape index (κ2) is 7.28. The molecule has 2 aromatic heterocycles. The summed E-state index contributed by atoms with van der Waals surface area (Å²) >= 11 is 0. The van der Waals surface area contributed by atoms with Crippen molar-refractivity contribution in [2.75, 3.05) is 20.1 Å². The van der Waals surface area contributed by atoms with Gasteiger partial charge < -0.3 is 19.6 Å². The number of hydrogen-bond acceptors (Lipinski definition) is 4. The number of amides is 2. The smallest absolute Gasteiger partial charge is 0.289 e. The van der Waals surface area contributed by atoms with E-state index in [9.17, 15) is 9.59 Å². The lowest BCUT2D eigenvalue weighted by atomic mass is 10.3. The van der Waals surface area contributed by atoms with Crippen LogP contribution >= 0.6 is 0 Å². The molecule has 0 aliphatic rings. The summed E-state index contributed by atoms with van der Waals surface area (Å²) in [6.07, 6.45) is 6.45. The highest BCUT2D eigenvalue weighted by molar-refractivity contribution is 5.94. The molecule has 0 saturated heterocycles. The van der Waals surface area contributed by atoms with Crippen molar-refractivity contribution >= 4 is 11.8 Å². The number of carbonyl (C=O) groups excluding carboxylic acids is 2. The van der Waals surface area contributed by atoms with Crippen LogP contribution in [0.5, 0.6) is 0 Å². The average molecular weight is 290 g/mol. The first-order valence-corrected chi connectivity index (χ1v) is 6.70. The Morgan fingerprint density at radius 2 is 2.33 bits per heavy atom. The predicted octanol–water partition coefficient (Wildman–Crippen LogP) is 0.824. The number of rotatable bonds is 7. The molecule has 0 spiro atoms. The van der Waals surface area contributed by atoms with Gasteiger partial charge in [0.25, 0.3) is 5.91 Å². The molecule has 112 valence electrons. The quantitative estimate of drug-likeness (QED) is 0.739. The second-order valence-electron chi connectivity index (χ2n) is 4.63. The highest BCUT2D eigenvalue weighted by Gasteiger charge is 2.16. The van der Waals surface area contributed by atoms with Crippen LogP contribution < -0.4 is 5.32 Å². The molecule has 2 heterocycles. The van der Waals surface area contributed by atoms with Crippen LogP contribution in [0, 0.1) is 0 Å². The number of furan rings is 1. The zero-order valence-corrected chi connectivity index (χ0v) is 11.8. The minimum Gasteiger partial charge on any atom is -0.459 e. The molecule has 0 aliphatic carbocycles. The maximum Gasteiger partial charge on any atom is 0.289 e. The summed E-state index contributed by atoms with van der Waals surface area (Å²) in [6.45, 7) is 0.544. The molecule has 0 saturated carbocycles. The Kier molecular flexibility index (Phi) is 5.14. The fourth-order valence-electron chi connectivity index (χ4n) is 1.85. The van der Waals surface area contributed by atoms with Gasteiger partial charge in [-0.3, -0.25) is 9.59 Å². The molecule has 0 bridgehead atoms. The van der Waals surface area contributed by atoms with Gasteiger partial charge >= 0.3 is 0 Å². The number of carbonyl (C=O) groups is 2. The summed E-state index contributed by atoms with van der Waals surface area (Å²) in [7, 11) is 1.56. The van der Waals surface area contributed by atoms with Crippen LogP contribution in [0.3, 0.4) is 0 Å². The van der Waals surface area contributed by atoms with Crippen LogP contribution in [0.25, 0.3) is 0 Å². The highest BCUT2D eigenvalue weighted by atomic mass is 16.3. The van der Waals surface area contributed by atoms with E-state index in [1.807, 2.05) is 0 Å². The Balaban J connectivity index is 1.65. The lowest BCUT2D eigenvalue weighted by Crippen LogP contribution is -2.38. The van der Waals surface area contributed by atoms with E-state index in [1.165, 1.54) is 11.2 Å². The van der Waals surface area contributed by atoms with E-state index in [2.05, 4.69) is 15.3 Å². The number of aromatic nitrogens is 2. The zero-order valence-electron chi connectivity index (χ0n) is 11.8. The molecule has 2 N–H and O–H groups in total. The lowest BCUT2D eigenvalue weighted by molar-refractivity contribution is -0.121. The minimum atomic E-state index is -0.314. The summed E-state index contributed by atoms with van der Waals surface area (Å²) in [5, 5.41) is 2.77. The van der Waals surface area contributed by atoms with Crippen LogP contribution in [-0.2, 0) is 11.2 Å². The fourth-order valence-corrected chi connectivity index (χ4v) is 1.85. The molecule has 0 radical (unpaired) electrons. The van der Waals surface area contributed by atoms with Gasteiger partial charge in [0.1, 0.15) is 5.82 Å². The van der Waals surface area contributed by atoms with Gasteiger partial charge in [-0.15, -0.1) is 0 Å². The van der Waals surface area contributed by atoms with Gasteiger partial charge in [-0.25, -0.2) is 4.98 Å². The number of aromatic amines is 1. The average Bonchev–Trinajstić information content (AvgIpc) is 3.15. The van der Waals surface area contributed by atoms with E-state index in [-0.39, 0.29) is 24.1 Å². The Bertz CT molecular complexity index is 563. The molecule has 0 unspecified atom stereocenters. The van der Waals surface area contributed by atoms with Crippen molar-refractivity contribution in [3.8, 4) is 0 Å². The SMILES string of the molecule is CN(CC(=O)NCCCc1ncc[nH]1)C(=O)c1ccco1. The number of H-pyrrole nitrogens is 1. The summed E-state index contributed by atoms with van der Waals surface area (Å²) < 4.78 is 5.00. The van der Waals surface area contributed by atoms with Gasteiger partial charge in [-0.05, 0) is 18.6 Å². The molecule has 2 amide bonds. The number of nitrogens with zero attached hydrogens (tertiary/aromatic N) is 2. The van der Waals surface area contributed by atoms with Crippen LogP contribution in [0.15, 0.2) is 35.2 Å². The molecular weight excluding hydrogens is 272 g/mol. The number of imidazole rings is 1. The monoisotopic (exact) mass is 290 g/mol. The number of hydrogen-bond donors (Lipinski definition) is 2. The van der Waals surface area contributed by atoms with E-state index in [0.29, 0.717) is 6.54 Å². The fraction of sp³-hybridized carbons (Fsp3) is 0.357. The predicted molar refractivity (Wildman–Crippen MR) is 75.6 cm³/mol. The van der Waals surface area contributed by atoms with Gasteiger partial charge in [-0.1, -0.05) is 0 Å². The van der Waals surface area contributed by atoms with E-state index in [0.717, 1.165) is 18.7 Å². The molecule has 0 fully saturated rings. The largest absolute Gasteiger partial charge is 0.459 e. The summed E-state index contributed by atoms with van der Waals surface area (Å²) in [5.74, 6) is 0.611. The van der Waals surface area contributed by atoms with Gasteiger partial charge in [0.2, 0.25) is 5.91 Å². The molecule has 2 rings (SSSR count). The first-order chi connectivity index (χ1) is 10.2. The Morgan fingerprint density at radius 3 is 3.00 bits per heavy atom. The molecule has 0 atom stereocenters. The van der Waals surface area contributed by atoms with Crippen molar-refractivity contribution in [1.29, 1.82) is 0 Å². The molecule has 7 nitrogen and oxygen atoms in total. The minimum absolute atomic E-state index is 0.000283. The topological polar surface area (TPSA) is 91.2 Å². The lowest BCUT2D eigenvalue weighted by Gasteiger charge is -2.15. The van der Waals surface area contributed by atoms with Crippen molar-refractivity contribution in [3.63, 3.8) is 0 Å². The van der Waals surface area contributed by atoms with E-state index in [4.69, 9.17) is 4.42 Å². The standard InChI is InChI=1S/C14H18N4O3/c1-18(14(20)11-4-3-9-21-11)10-13(19)17-6-2-5-12-15-7-8-16-12/h3-4,7-9H,2,5-6,10H2,1H3,(H,15,16)(H,17,19). The summed E-state index contributed by atoms with van der Waals surface area (Å²) in [5.41, 5.74) is 0. The normalized spacial score (nSPS) is 10.3. The van der Waals surface area contributed by atoms with Gasteiger partial charge in [0.05, 0.1) is 12.8 Å². The van der Waals surface area contributed by atoms with Crippen molar-refractivity contribution in [1.82, 2.24) is 20.2 Å². The number of likely N-dealkylation sites (N-methyl/N-ethyl adjacent to an activating group) is 1. The van der Waals surface area contributed by atoms with Crippen LogP contribution in [-0.4, -0.2) is 46.8 Å². The zero-order chi connectivity index (χ0) is 15.1. The molecule has 21 heavy (non-hydrogen) atoms. The maximum atomic E-state index is 11.9. The van der Waals surface area contributed by atoms with Gasteiger partial charge in [0, 0.05) is 32.4 Å². The highest BCUT2D eigenvalue weighted by Crippen LogP contribution is 2.03. The molecular formula is C14H18N4O3. The third kappa shape index (κ3) is 4.48. The van der Waals surface area contributed by atoms with E-state index >= 15 is 0 Å². The molecule has 2 aromatic rings. The molecule has 0 aromatic carbocycles. The van der Waals surface area contributed by atoms with Crippen molar-refractivity contribution in [2.24, 2.45) is 0 Å². The van der Waals surface area contributed by atoms with Crippen molar-refractivity contribution < 1.29 is 14.0 Å². The second-order valence-corrected chi connectivity index (χ2v) is 4.63. The Labute approximate surface area is 122 Å². The van der Waals surface area contributed by atoms with Crippen LogP contribution in [0.2, 0.25) is 0 Å². The Morgan fingerprint density at radius 1 is 1.48 bits per heavy atom. The maximum absolute atomic E-state index is 11.9. The number of nitrogens with one attached hydrogen (secondary N) is 2. The summed E-state index contributed by atoms with van der Waals surface area (Å²) in [6, 6.07) is 3.20. The third-order valence-electron chi connectivity index (χ3n) is 2.93. The van der Waals surface area contributed by atoms with Crippen LogP contribution in [0.4, 0.5) is 0 Å².